The molecule has 0 unspecified atom stereocenters. The highest BCUT2D eigenvalue weighted by atomic mass is 79.9. The minimum absolute atomic E-state index is 0.0987. The smallest absolute Gasteiger partial charge is 0.243 e. The highest BCUT2D eigenvalue weighted by molar-refractivity contribution is 9.10. The van der Waals surface area contributed by atoms with Gasteiger partial charge in [0.2, 0.25) is 15.9 Å². The SMILES string of the molecule is O=C(CN(Cc1ccccc1)S(=O)(=O)c1ccc(Br)cc1)Nc1ccccc1. The second-order valence-corrected chi connectivity index (χ2v) is 8.98. The topological polar surface area (TPSA) is 66.5 Å². The average molecular weight is 459 g/mol. The molecule has 0 bridgehead atoms. The first-order valence-electron chi connectivity index (χ1n) is 8.60. The van der Waals surface area contributed by atoms with Crippen molar-refractivity contribution in [3.05, 3.63) is 95.0 Å². The Hall–Kier alpha value is -2.48. The fourth-order valence-electron chi connectivity index (χ4n) is 2.65. The second-order valence-electron chi connectivity index (χ2n) is 6.13. The van der Waals surface area contributed by atoms with Gasteiger partial charge >= 0.3 is 0 Å². The summed E-state index contributed by atoms with van der Waals surface area (Å²) in [5, 5.41) is 2.74. The van der Waals surface area contributed by atoms with Gasteiger partial charge in [-0.2, -0.15) is 4.31 Å². The van der Waals surface area contributed by atoms with E-state index in [2.05, 4.69) is 21.2 Å². The summed E-state index contributed by atoms with van der Waals surface area (Å²) in [7, 11) is -3.85. The lowest BCUT2D eigenvalue weighted by Crippen LogP contribution is -2.37. The summed E-state index contributed by atoms with van der Waals surface area (Å²) in [5.41, 5.74) is 1.42. The average Bonchev–Trinajstić information content (AvgIpc) is 2.69. The molecule has 0 aromatic heterocycles. The van der Waals surface area contributed by atoms with Crippen molar-refractivity contribution in [1.82, 2.24) is 4.31 Å². The van der Waals surface area contributed by atoms with Gasteiger partial charge < -0.3 is 5.32 Å². The van der Waals surface area contributed by atoms with Crippen LogP contribution in [0.1, 0.15) is 5.56 Å². The van der Waals surface area contributed by atoms with E-state index in [1.807, 2.05) is 36.4 Å². The molecule has 28 heavy (non-hydrogen) atoms. The number of carbonyl (C=O) groups excluding carboxylic acids is 1. The molecule has 0 fully saturated rings. The Bertz CT molecular complexity index is 1020. The van der Waals surface area contributed by atoms with Crippen molar-refractivity contribution in [2.45, 2.75) is 11.4 Å². The quantitative estimate of drug-likeness (QED) is 0.574. The van der Waals surface area contributed by atoms with Gasteiger partial charge in [-0.15, -0.1) is 0 Å². The van der Waals surface area contributed by atoms with Crippen LogP contribution in [-0.4, -0.2) is 25.2 Å². The lowest BCUT2D eigenvalue weighted by atomic mass is 10.2. The van der Waals surface area contributed by atoms with E-state index in [0.29, 0.717) is 5.69 Å². The van der Waals surface area contributed by atoms with Crippen LogP contribution in [0.2, 0.25) is 0 Å². The largest absolute Gasteiger partial charge is 0.325 e. The molecule has 0 radical (unpaired) electrons. The molecule has 3 aromatic carbocycles. The summed E-state index contributed by atoms with van der Waals surface area (Å²) >= 11 is 3.31. The molecule has 3 aromatic rings. The van der Waals surface area contributed by atoms with Gasteiger partial charge in [-0.3, -0.25) is 4.79 Å². The summed E-state index contributed by atoms with van der Waals surface area (Å²) < 4.78 is 28.3. The maximum atomic E-state index is 13.2. The molecule has 1 N–H and O–H groups in total. The van der Waals surface area contributed by atoms with Gasteiger partial charge in [0.25, 0.3) is 0 Å². The number of amides is 1. The van der Waals surface area contributed by atoms with Crippen LogP contribution in [0.5, 0.6) is 0 Å². The van der Waals surface area contributed by atoms with Gasteiger partial charge in [0.15, 0.2) is 0 Å². The highest BCUT2D eigenvalue weighted by Crippen LogP contribution is 2.21. The monoisotopic (exact) mass is 458 g/mol. The summed E-state index contributed by atoms with van der Waals surface area (Å²) in [6.45, 7) is -0.191. The van der Waals surface area contributed by atoms with Gasteiger partial charge in [-0.1, -0.05) is 64.5 Å². The van der Waals surface area contributed by atoms with Gasteiger partial charge in [0, 0.05) is 16.7 Å². The van der Waals surface area contributed by atoms with Crippen LogP contribution in [0, 0.1) is 0 Å². The van der Waals surface area contributed by atoms with E-state index < -0.39 is 15.9 Å². The third-order valence-electron chi connectivity index (χ3n) is 4.03. The van der Waals surface area contributed by atoms with E-state index in [-0.39, 0.29) is 18.0 Å². The molecule has 0 aliphatic rings. The van der Waals surface area contributed by atoms with Crippen LogP contribution >= 0.6 is 15.9 Å². The standard InChI is InChI=1S/C21H19BrN2O3S/c22-18-11-13-20(14-12-18)28(26,27)24(15-17-7-3-1-4-8-17)16-21(25)23-19-9-5-2-6-10-19/h1-14H,15-16H2,(H,23,25). The minimum atomic E-state index is -3.85. The molecule has 144 valence electrons. The van der Waals surface area contributed by atoms with Gasteiger partial charge in [-0.05, 0) is 42.0 Å². The summed E-state index contributed by atoms with van der Waals surface area (Å²) in [6, 6.07) is 24.5. The number of rotatable bonds is 7. The summed E-state index contributed by atoms with van der Waals surface area (Å²) in [4.78, 5) is 12.7. The van der Waals surface area contributed by atoms with E-state index in [0.717, 1.165) is 10.0 Å². The van der Waals surface area contributed by atoms with Gasteiger partial charge in [-0.25, -0.2) is 8.42 Å². The van der Waals surface area contributed by atoms with Crippen molar-refractivity contribution < 1.29 is 13.2 Å². The number of hydrogen-bond donors (Lipinski definition) is 1. The molecule has 0 aliphatic carbocycles. The predicted octanol–water partition coefficient (Wildman–Crippen LogP) is 4.28. The summed E-state index contributed by atoms with van der Waals surface area (Å²) in [6.07, 6.45) is 0. The number of para-hydroxylation sites is 1. The molecule has 1 amide bonds. The Labute approximate surface area is 173 Å². The number of anilines is 1. The van der Waals surface area contributed by atoms with Crippen LogP contribution in [0.15, 0.2) is 94.3 Å². The van der Waals surface area contributed by atoms with Crippen LogP contribution in [0.3, 0.4) is 0 Å². The Kier molecular flexibility index (Phi) is 6.61. The first-order valence-corrected chi connectivity index (χ1v) is 10.8. The molecule has 0 saturated carbocycles. The molecule has 0 saturated heterocycles. The molecule has 3 rings (SSSR count). The number of hydrogen-bond acceptors (Lipinski definition) is 3. The van der Waals surface area contributed by atoms with Crippen LogP contribution in [0.25, 0.3) is 0 Å². The number of benzene rings is 3. The van der Waals surface area contributed by atoms with Crippen molar-refractivity contribution in [2.75, 3.05) is 11.9 Å². The molecule has 7 heteroatoms. The van der Waals surface area contributed by atoms with Crippen molar-refractivity contribution in [2.24, 2.45) is 0 Å². The lowest BCUT2D eigenvalue weighted by Gasteiger charge is -2.22. The van der Waals surface area contributed by atoms with E-state index in [4.69, 9.17) is 0 Å². The zero-order valence-corrected chi connectivity index (χ0v) is 17.4. The first-order chi connectivity index (χ1) is 13.4. The molecule has 0 heterocycles. The Balaban J connectivity index is 1.86. The second kappa shape index (κ2) is 9.14. The van der Waals surface area contributed by atoms with Crippen LogP contribution in [-0.2, 0) is 21.4 Å². The fourth-order valence-corrected chi connectivity index (χ4v) is 4.30. The normalized spacial score (nSPS) is 11.4. The molecule has 0 spiro atoms. The zero-order valence-electron chi connectivity index (χ0n) is 15.0. The van der Waals surface area contributed by atoms with Crippen molar-refractivity contribution in [1.29, 1.82) is 0 Å². The predicted molar refractivity (Wildman–Crippen MR) is 113 cm³/mol. The Morgan fingerprint density at radius 1 is 0.857 bits per heavy atom. The third-order valence-corrected chi connectivity index (χ3v) is 6.37. The Morgan fingerprint density at radius 3 is 2.04 bits per heavy atom. The number of nitrogens with one attached hydrogen (secondary N) is 1. The van der Waals surface area contributed by atoms with E-state index in [1.165, 1.54) is 16.4 Å². The van der Waals surface area contributed by atoms with Crippen molar-refractivity contribution in [3.63, 3.8) is 0 Å². The van der Waals surface area contributed by atoms with Gasteiger partial charge in [0.1, 0.15) is 0 Å². The zero-order chi connectivity index (χ0) is 20.0. The lowest BCUT2D eigenvalue weighted by molar-refractivity contribution is -0.116. The van der Waals surface area contributed by atoms with E-state index >= 15 is 0 Å². The van der Waals surface area contributed by atoms with Crippen molar-refractivity contribution >= 4 is 37.5 Å². The molecule has 5 nitrogen and oxygen atoms in total. The maximum Gasteiger partial charge on any atom is 0.243 e. The van der Waals surface area contributed by atoms with E-state index in [1.54, 1.807) is 36.4 Å². The highest BCUT2D eigenvalue weighted by Gasteiger charge is 2.27. The fraction of sp³-hybridized carbons (Fsp3) is 0.0952. The molecular weight excluding hydrogens is 440 g/mol. The first kappa shape index (κ1) is 20.3. The number of sulfonamides is 1. The van der Waals surface area contributed by atoms with Crippen LogP contribution in [0.4, 0.5) is 5.69 Å². The minimum Gasteiger partial charge on any atom is -0.325 e. The van der Waals surface area contributed by atoms with Gasteiger partial charge in [0.05, 0.1) is 11.4 Å². The third kappa shape index (κ3) is 5.28. The number of nitrogens with zero attached hydrogens (tertiary/aromatic N) is 1. The summed E-state index contributed by atoms with van der Waals surface area (Å²) in [5.74, 6) is -0.400. The number of halogens is 1. The van der Waals surface area contributed by atoms with Crippen molar-refractivity contribution in [3.8, 4) is 0 Å². The maximum absolute atomic E-state index is 13.2. The molecule has 0 atom stereocenters. The molecule has 0 aliphatic heterocycles. The number of carbonyl (C=O) groups is 1. The van der Waals surface area contributed by atoms with Crippen LogP contribution < -0.4 is 5.32 Å². The molecular formula is C21H19BrN2O3S. The Morgan fingerprint density at radius 2 is 1.43 bits per heavy atom. The van der Waals surface area contributed by atoms with E-state index in [9.17, 15) is 13.2 Å².